The van der Waals surface area contributed by atoms with Crippen LogP contribution >= 0.6 is 0 Å². The summed E-state index contributed by atoms with van der Waals surface area (Å²) in [5, 5.41) is 9.48. The number of aliphatic hydroxyl groups excluding tert-OH is 1. The lowest BCUT2D eigenvalue weighted by Gasteiger charge is -2.32. The molecule has 1 fully saturated rings. The molecule has 17 heavy (non-hydrogen) atoms. The van der Waals surface area contributed by atoms with Crippen LogP contribution < -0.4 is 0 Å². The second-order valence-electron chi connectivity index (χ2n) is 5.52. The predicted octanol–water partition coefficient (Wildman–Crippen LogP) is 2.06. The SMILES string of the molecule is CS(=O)(=O)C1CCCC(C2=CC(O)CCC2)C1. The molecule has 3 unspecified atom stereocenters. The molecular weight excluding hydrogens is 236 g/mol. The molecule has 3 nitrogen and oxygen atoms in total. The molecule has 2 aliphatic carbocycles. The summed E-state index contributed by atoms with van der Waals surface area (Å²) in [6, 6.07) is 0. The van der Waals surface area contributed by atoms with Crippen molar-refractivity contribution in [2.24, 2.45) is 5.92 Å². The van der Waals surface area contributed by atoms with Gasteiger partial charge in [-0.15, -0.1) is 0 Å². The summed E-state index contributed by atoms with van der Waals surface area (Å²) < 4.78 is 23.2. The third kappa shape index (κ3) is 3.32. The van der Waals surface area contributed by atoms with Crippen LogP contribution in [0.15, 0.2) is 11.6 Å². The molecule has 0 heterocycles. The van der Waals surface area contributed by atoms with Crippen LogP contribution in [0.4, 0.5) is 0 Å². The fourth-order valence-corrected chi connectivity index (χ4v) is 4.32. The Kier molecular flexibility index (Phi) is 3.93. The van der Waals surface area contributed by atoms with Crippen LogP contribution in [-0.2, 0) is 9.84 Å². The molecule has 0 aromatic carbocycles. The van der Waals surface area contributed by atoms with Crippen molar-refractivity contribution in [3.63, 3.8) is 0 Å². The van der Waals surface area contributed by atoms with Crippen molar-refractivity contribution in [2.45, 2.75) is 56.3 Å². The van der Waals surface area contributed by atoms with Gasteiger partial charge >= 0.3 is 0 Å². The fraction of sp³-hybridized carbons (Fsp3) is 0.846. The molecule has 1 N–H and O–H groups in total. The van der Waals surface area contributed by atoms with Crippen LogP contribution in [0.3, 0.4) is 0 Å². The van der Waals surface area contributed by atoms with Gasteiger partial charge in [-0.3, -0.25) is 0 Å². The van der Waals surface area contributed by atoms with Gasteiger partial charge in [-0.05, 0) is 44.4 Å². The Morgan fingerprint density at radius 3 is 2.65 bits per heavy atom. The van der Waals surface area contributed by atoms with Gasteiger partial charge in [-0.25, -0.2) is 8.42 Å². The highest BCUT2D eigenvalue weighted by Crippen LogP contribution is 2.36. The molecule has 0 spiro atoms. The largest absolute Gasteiger partial charge is 0.389 e. The van der Waals surface area contributed by atoms with Gasteiger partial charge in [-0.2, -0.15) is 0 Å². The first-order valence-electron chi connectivity index (χ1n) is 6.54. The first-order chi connectivity index (χ1) is 7.97. The summed E-state index contributed by atoms with van der Waals surface area (Å²) in [6.07, 6.45) is 9.60. The summed E-state index contributed by atoms with van der Waals surface area (Å²) in [4.78, 5) is 0. The van der Waals surface area contributed by atoms with Gasteiger partial charge in [-0.1, -0.05) is 18.1 Å². The summed E-state index contributed by atoms with van der Waals surface area (Å²) >= 11 is 0. The minimum absolute atomic E-state index is 0.166. The van der Waals surface area contributed by atoms with E-state index in [1.807, 2.05) is 6.08 Å². The fourth-order valence-electron chi connectivity index (χ4n) is 3.14. The maximum Gasteiger partial charge on any atom is 0.150 e. The summed E-state index contributed by atoms with van der Waals surface area (Å²) in [5.41, 5.74) is 1.30. The zero-order valence-electron chi connectivity index (χ0n) is 10.4. The van der Waals surface area contributed by atoms with Crippen LogP contribution in [-0.4, -0.2) is 31.1 Å². The van der Waals surface area contributed by atoms with E-state index in [2.05, 4.69) is 0 Å². The quantitative estimate of drug-likeness (QED) is 0.771. The lowest BCUT2D eigenvalue weighted by Crippen LogP contribution is -2.29. The molecular formula is C13H22O3S. The third-order valence-electron chi connectivity index (χ3n) is 4.13. The van der Waals surface area contributed by atoms with E-state index >= 15 is 0 Å². The van der Waals surface area contributed by atoms with Gasteiger partial charge in [0.1, 0.15) is 9.84 Å². The summed E-state index contributed by atoms with van der Waals surface area (Å²) in [6.45, 7) is 0. The molecule has 0 aromatic rings. The number of hydrogen-bond donors (Lipinski definition) is 1. The van der Waals surface area contributed by atoms with Crippen LogP contribution in [0.2, 0.25) is 0 Å². The number of allylic oxidation sites excluding steroid dienone is 1. The Hall–Kier alpha value is -0.350. The van der Waals surface area contributed by atoms with Crippen LogP contribution in [0.1, 0.15) is 44.9 Å². The van der Waals surface area contributed by atoms with Crippen LogP contribution in [0.5, 0.6) is 0 Å². The van der Waals surface area contributed by atoms with Crippen molar-refractivity contribution in [3.05, 3.63) is 11.6 Å². The minimum atomic E-state index is -2.90. The molecule has 0 aromatic heterocycles. The maximum absolute atomic E-state index is 11.6. The zero-order valence-corrected chi connectivity index (χ0v) is 11.2. The minimum Gasteiger partial charge on any atom is -0.389 e. The van der Waals surface area contributed by atoms with Gasteiger partial charge in [0.05, 0.1) is 11.4 Å². The van der Waals surface area contributed by atoms with E-state index in [1.165, 1.54) is 11.8 Å². The molecule has 0 radical (unpaired) electrons. The number of sulfone groups is 1. The van der Waals surface area contributed by atoms with E-state index in [-0.39, 0.29) is 11.4 Å². The highest BCUT2D eigenvalue weighted by Gasteiger charge is 2.31. The molecule has 4 heteroatoms. The zero-order chi connectivity index (χ0) is 12.5. The highest BCUT2D eigenvalue weighted by molar-refractivity contribution is 7.91. The highest BCUT2D eigenvalue weighted by atomic mass is 32.2. The van der Waals surface area contributed by atoms with Gasteiger partial charge in [0.15, 0.2) is 0 Å². The van der Waals surface area contributed by atoms with Crippen molar-refractivity contribution in [1.29, 1.82) is 0 Å². The lowest BCUT2D eigenvalue weighted by molar-refractivity contribution is 0.198. The van der Waals surface area contributed by atoms with E-state index < -0.39 is 9.84 Å². The molecule has 1 saturated carbocycles. The molecule has 0 saturated heterocycles. The molecule has 2 aliphatic rings. The molecule has 0 amide bonds. The Balaban J connectivity index is 2.07. The molecule has 2 rings (SSSR count). The monoisotopic (exact) mass is 258 g/mol. The average molecular weight is 258 g/mol. The summed E-state index contributed by atoms with van der Waals surface area (Å²) in [7, 11) is -2.90. The molecule has 3 atom stereocenters. The van der Waals surface area contributed by atoms with Crippen molar-refractivity contribution < 1.29 is 13.5 Å². The van der Waals surface area contributed by atoms with Crippen molar-refractivity contribution >= 4 is 9.84 Å². The Labute approximate surface area is 104 Å². The van der Waals surface area contributed by atoms with Crippen LogP contribution in [0.25, 0.3) is 0 Å². The van der Waals surface area contributed by atoms with E-state index in [0.29, 0.717) is 5.92 Å². The van der Waals surface area contributed by atoms with Gasteiger partial charge in [0.2, 0.25) is 0 Å². The first-order valence-corrected chi connectivity index (χ1v) is 8.50. The topological polar surface area (TPSA) is 54.4 Å². The molecule has 0 bridgehead atoms. The number of hydrogen-bond acceptors (Lipinski definition) is 3. The first kappa shape index (κ1) is 13.1. The summed E-state index contributed by atoms with van der Waals surface area (Å²) in [5.74, 6) is 0.387. The second-order valence-corrected chi connectivity index (χ2v) is 7.84. The second kappa shape index (κ2) is 5.11. The van der Waals surface area contributed by atoms with Crippen molar-refractivity contribution in [2.75, 3.05) is 6.26 Å². The van der Waals surface area contributed by atoms with E-state index in [0.717, 1.165) is 44.9 Å². The van der Waals surface area contributed by atoms with Gasteiger partial charge in [0.25, 0.3) is 0 Å². The standard InChI is InChI=1S/C13H22O3S/c1-17(15,16)13-7-3-5-11(9-13)10-4-2-6-12(14)8-10/h8,11-14H,2-7,9H2,1H3. The van der Waals surface area contributed by atoms with E-state index in [9.17, 15) is 13.5 Å². The molecule has 98 valence electrons. The smallest absolute Gasteiger partial charge is 0.150 e. The maximum atomic E-state index is 11.6. The predicted molar refractivity (Wildman–Crippen MR) is 68.5 cm³/mol. The normalized spacial score (nSPS) is 35.4. The Bertz CT molecular complexity index is 397. The number of aliphatic hydroxyl groups is 1. The Morgan fingerprint density at radius 2 is 2.00 bits per heavy atom. The van der Waals surface area contributed by atoms with E-state index in [4.69, 9.17) is 0 Å². The van der Waals surface area contributed by atoms with Gasteiger partial charge in [0, 0.05) is 6.26 Å². The van der Waals surface area contributed by atoms with Crippen molar-refractivity contribution in [1.82, 2.24) is 0 Å². The van der Waals surface area contributed by atoms with Crippen LogP contribution in [0, 0.1) is 5.92 Å². The number of rotatable bonds is 2. The Morgan fingerprint density at radius 1 is 1.24 bits per heavy atom. The molecule has 0 aliphatic heterocycles. The van der Waals surface area contributed by atoms with Gasteiger partial charge < -0.3 is 5.11 Å². The van der Waals surface area contributed by atoms with E-state index in [1.54, 1.807) is 0 Å². The lowest BCUT2D eigenvalue weighted by atomic mass is 9.79. The average Bonchev–Trinajstić information content (AvgIpc) is 2.28. The third-order valence-corrected chi connectivity index (χ3v) is 5.77. The van der Waals surface area contributed by atoms with Crippen molar-refractivity contribution in [3.8, 4) is 0 Å².